The molecule has 2 unspecified atom stereocenters. The molecule has 0 fully saturated rings. The number of aliphatic hydroxyl groups is 1. The van der Waals surface area contributed by atoms with Crippen molar-refractivity contribution in [3.63, 3.8) is 0 Å². The van der Waals surface area contributed by atoms with Gasteiger partial charge in [0.25, 0.3) is 0 Å². The van der Waals surface area contributed by atoms with Crippen LogP contribution in [0, 0.1) is 0 Å². The van der Waals surface area contributed by atoms with Crippen molar-refractivity contribution in [2.75, 3.05) is 47.5 Å². The van der Waals surface area contributed by atoms with Crippen LogP contribution >= 0.6 is 7.82 Å². The molecule has 0 saturated carbocycles. The highest BCUT2D eigenvalue weighted by molar-refractivity contribution is 7.47. The van der Waals surface area contributed by atoms with Crippen molar-refractivity contribution in [1.82, 2.24) is 0 Å². The first-order valence-electron chi connectivity index (χ1n) is 22.1. The Kier molecular flexibility index (Phi) is 36.4. The number of phosphoric acid groups is 1. The van der Waals surface area contributed by atoms with Crippen molar-refractivity contribution < 1.29 is 47.2 Å². The number of unbranched alkanes of at least 4 members (excludes halogenated alkanes) is 15. The van der Waals surface area contributed by atoms with E-state index in [-0.39, 0.29) is 26.1 Å². The van der Waals surface area contributed by atoms with E-state index in [0.29, 0.717) is 36.7 Å². The van der Waals surface area contributed by atoms with E-state index in [4.69, 9.17) is 18.5 Å². The smallest absolute Gasteiger partial charge is 0.462 e. The van der Waals surface area contributed by atoms with Gasteiger partial charge in [-0.2, -0.15) is 0 Å². The summed E-state index contributed by atoms with van der Waals surface area (Å²) in [4.78, 5) is 35.3. The van der Waals surface area contributed by atoms with Gasteiger partial charge in [0, 0.05) is 12.8 Å². The molecule has 330 valence electrons. The Morgan fingerprint density at radius 2 is 1.18 bits per heavy atom. The number of rotatable bonds is 39. The summed E-state index contributed by atoms with van der Waals surface area (Å²) in [5, 5.41) is 10.2. The minimum absolute atomic E-state index is 0.00313. The fourth-order valence-electron chi connectivity index (χ4n) is 5.55. The number of esters is 2. The van der Waals surface area contributed by atoms with Crippen LogP contribution < -0.4 is 0 Å². The van der Waals surface area contributed by atoms with Gasteiger partial charge >= 0.3 is 19.8 Å². The van der Waals surface area contributed by atoms with Gasteiger partial charge in [0.15, 0.2) is 6.10 Å². The molecule has 0 aliphatic carbocycles. The summed E-state index contributed by atoms with van der Waals surface area (Å²) in [7, 11) is 1.38. The molecule has 0 aliphatic rings. The van der Waals surface area contributed by atoms with E-state index in [1.165, 1.54) is 70.6 Å². The minimum atomic E-state index is -4.41. The summed E-state index contributed by atoms with van der Waals surface area (Å²) in [6, 6.07) is 0. The third-order valence-electron chi connectivity index (χ3n) is 9.10. The molecular formula is C46H83NO9P+. The number of quaternary nitrogens is 1. The zero-order valence-corrected chi connectivity index (χ0v) is 37.6. The van der Waals surface area contributed by atoms with Crippen molar-refractivity contribution >= 4 is 19.8 Å². The maximum absolute atomic E-state index is 12.7. The topological polar surface area (TPSA) is 129 Å². The summed E-state index contributed by atoms with van der Waals surface area (Å²) < 4.78 is 34.2. The highest BCUT2D eigenvalue weighted by Gasteiger charge is 2.27. The van der Waals surface area contributed by atoms with Gasteiger partial charge in [0.2, 0.25) is 0 Å². The van der Waals surface area contributed by atoms with Gasteiger partial charge in [-0.05, 0) is 70.6 Å². The van der Waals surface area contributed by atoms with Gasteiger partial charge in [-0.25, -0.2) is 4.57 Å². The molecule has 11 heteroatoms. The molecule has 0 aromatic carbocycles. The lowest BCUT2D eigenvalue weighted by Gasteiger charge is -2.24. The van der Waals surface area contributed by atoms with Gasteiger partial charge < -0.3 is 24.0 Å². The van der Waals surface area contributed by atoms with Gasteiger partial charge in [0.05, 0.1) is 33.9 Å². The lowest BCUT2D eigenvalue weighted by atomic mass is 10.1. The van der Waals surface area contributed by atoms with Crippen LogP contribution in [0.3, 0.4) is 0 Å². The predicted molar refractivity (Wildman–Crippen MR) is 235 cm³/mol. The Balaban J connectivity index is 4.56. The van der Waals surface area contributed by atoms with Gasteiger partial charge in [-0.15, -0.1) is 0 Å². The molecule has 0 aromatic rings. The van der Waals surface area contributed by atoms with E-state index in [1.54, 1.807) is 12.2 Å². The van der Waals surface area contributed by atoms with Crippen molar-refractivity contribution in [2.45, 2.75) is 174 Å². The summed E-state index contributed by atoms with van der Waals surface area (Å²) >= 11 is 0. The fraction of sp³-hybridized carbons (Fsp3) is 0.739. The van der Waals surface area contributed by atoms with Crippen molar-refractivity contribution in [3.8, 4) is 0 Å². The Morgan fingerprint density at radius 3 is 1.84 bits per heavy atom. The van der Waals surface area contributed by atoms with Crippen LogP contribution in [-0.4, -0.2) is 86.1 Å². The zero-order chi connectivity index (χ0) is 42.3. The van der Waals surface area contributed by atoms with Crippen LogP contribution in [0.25, 0.3) is 0 Å². The molecule has 0 aliphatic heterocycles. The lowest BCUT2D eigenvalue weighted by molar-refractivity contribution is -0.870. The third-order valence-corrected chi connectivity index (χ3v) is 10.1. The van der Waals surface area contributed by atoms with E-state index < -0.39 is 38.6 Å². The third kappa shape index (κ3) is 41.6. The molecule has 10 nitrogen and oxygen atoms in total. The van der Waals surface area contributed by atoms with Crippen molar-refractivity contribution in [2.24, 2.45) is 0 Å². The largest absolute Gasteiger partial charge is 0.472 e. The van der Waals surface area contributed by atoms with Crippen LogP contribution in [0.15, 0.2) is 60.8 Å². The number of carbonyl (C=O) groups is 2. The SMILES string of the molecule is CCCCC/C=C\C/C=C\CC(O)/C=C\C=C\CCCC(=O)O[C@H](COC(=O)CCCCCCCCC/C=C\CCCCCC)COP(=O)(O)OCC[N+](C)(C)C. The van der Waals surface area contributed by atoms with Gasteiger partial charge in [-0.3, -0.25) is 18.6 Å². The van der Waals surface area contributed by atoms with Gasteiger partial charge in [0.1, 0.15) is 19.8 Å². The normalized spacial score (nSPS) is 14.7. The molecule has 0 heterocycles. The quantitative estimate of drug-likeness (QED) is 0.0155. The van der Waals surface area contributed by atoms with E-state index >= 15 is 0 Å². The second kappa shape index (κ2) is 37.9. The molecule has 0 spiro atoms. The number of likely N-dealkylation sites (N-methyl/N-ethyl adjacent to an activating group) is 1. The summed E-state index contributed by atoms with van der Waals surface area (Å²) in [5.41, 5.74) is 0. The highest BCUT2D eigenvalue weighted by atomic mass is 31.2. The summed E-state index contributed by atoms with van der Waals surface area (Å²) in [6.45, 7) is 4.19. The zero-order valence-electron chi connectivity index (χ0n) is 36.7. The number of ether oxygens (including phenoxy) is 2. The van der Waals surface area contributed by atoms with Gasteiger partial charge in [-0.1, -0.05) is 139 Å². The van der Waals surface area contributed by atoms with E-state index in [0.717, 1.165) is 38.5 Å². The maximum atomic E-state index is 12.7. The van der Waals surface area contributed by atoms with Crippen molar-refractivity contribution in [3.05, 3.63) is 60.8 Å². The van der Waals surface area contributed by atoms with E-state index in [1.807, 2.05) is 39.4 Å². The Hall–Kier alpha value is -2.33. The number of hydrogen-bond donors (Lipinski definition) is 2. The average molecular weight is 825 g/mol. The molecule has 0 bridgehead atoms. The monoisotopic (exact) mass is 825 g/mol. The maximum Gasteiger partial charge on any atom is 0.472 e. The molecule has 0 amide bonds. The predicted octanol–water partition coefficient (Wildman–Crippen LogP) is 11.4. The molecule has 0 aromatic heterocycles. The number of nitrogens with zero attached hydrogens (tertiary/aromatic N) is 1. The van der Waals surface area contributed by atoms with Crippen LogP contribution in [0.2, 0.25) is 0 Å². The summed E-state index contributed by atoms with van der Waals surface area (Å²) in [6.07, 6.45) is 41.5. The Morgan fingerprint density at radius 1 is 0.632 bits per heavy atom. The molecule has 0 saturated heterocycles. The van der Waals surface area contributed by atoms with Crippen LogP contribution in [0.1, 0.15) is 162 Å². The first-order valence-corrected chi connectivity index (χ1v) is 23.6. The van der Waals surface area contributed by atoms with Crippen LogP contribution in [0.4, 0.5) is 0 Å². The molecule has 0 radical (unpaired) electrons. The second-order valence-electron chi connectivity index (χ2n) is 15.9. The number of phosphoric ester groups is 1. The highest BCUT2D eigenvalue weighted by Crippen LogP contribution is 2.43. The number of carbonyl (C=O) groups excluding carboxylic acids is 2. The minimum Gasteiger partial charge on any atom is -0.462 e. The molecule has 0 rings (SSSR count). The summed E-state index contributed by atoms with van der Waals surface area (Å²) in [5.74, 6) is -0.938. The van der Waals surface area contributed by atoms with E-state index in [9.17, 15) is 24.2 Å². The molecule has 3 atom stereocenters. The molecule has 2 N–H and O–H groups in total. The number of allylic oxidation sites excluding steroid dienone is 8. The Labute approximate surface area is 348 Å². The molecule has 57 heavy (non-hydrogen) atoms. The average Bonchev–Trinajstić information content (AvgIpc) is 3.15. The standard InChI is InChI=1S/C46H82NO9P/c1-6-8-10-12-14-16-17-18-19-20-21-23-25-29-33-37-45(49)53-41-44(42-55-57(51,52)54-40-39-47(3,4)5)56-46(50)38-34-30-26-28-32-36-43(48)35-31-27-24-22-15-13-11-9-7-2/h15-17,22,26-28,31-32,36,43-44,48H,6-14,18-21,23-25,29-30,33-35,37-42H2,1-5H3/p+1/b17-16-,22-15-,28-26+,31-27-,36-32-/t43?,44-/m1/s1. The number of aliphatic hydroxyl groups excluding tert-OH is 1. The second-order valence-corrected chi connectivity index (χ2v) is 17.4. The molecular weight excluding hydrogens is 741 g/mol. The van der Waals surface area contributed by atoms with Crippen molar-refractivity contribution in [1.29, 1.82) is 0 Å². The first-order chi connectivity index (χ1) is 27.4. The van der Waals surface area contributed by atoms with E-state index in [2.05, 4.69) is 44.2 Å². The Bertz CT molecular complexity index is 1170. The van der Waals surface area contributed by atoms with Crippen LogP contribution in [0.5, 0.6) is 0 Å². The number of hydrogen-bond acceptors (Lipinski definition) is 8. The van der Waals surface area contributed by atoms with Crippen LogP contribution in [-0.2, 0) is 32.7 Å². The fourth-order valence-corrected chi connectivity index (χ4v) is 6.29. The first kappa shape index (κ1) is 54.7. The lowest BCUT2D eigenvalue weighted by Crippen LogP contribution is -2.37.